The number of rotatable bonds is 6. The molecule has 0 radical (unpaired) electrons. The second-order valence-electron chi connectivity index (χ2n) is 4.59. The molecular weight excluding hydrogens is 306 g/mol. The van der Waals surface area contributed by atoms with Crippen LogP contribution in [0.5, 0.6) is 5.75 Å². The van der Waals surface area contributed by atoms with Crippen LogP contribution in [0.25, 0.3) is 0 Å². The van der Waals surface area contributed by atoms with Gasteiger partial charge >= 0.3 is 5.97 Å². The van der Waals surface area contributed by atoms with Gasteiger partial charge in [0.25, 0.3) is 0 Å². The van der Waals surface area contributed by atoms with Crippen LogP contribution >= 0.6 is 11.6 Å². The fraction of sp³-hybridized carbons (Fsp3) is 0.438. The third-order valence-corrected chi connectivity index (χ3v) is 2.91. The number of carbonyl (C=O) groups excluding carboxylic acids is 2. The van der Waals surface area contributed by atoms with Gasteiger partial charge in [-0.3, -0.25) is 9.59 Å². The number of Topliss-reactive ketones (excluding diaryl/α,β-unsaturated/α-hetero) is 1. The van der Waals surface area contributed by atoms with Gasteiger partial charge in [-0.15, -0.1) is 0 Å². The highest BCUT2D eigenvalue weighted by atomic mass is 35.5. The summed E-state index contributed by atoms with van der Waals surface area (Å²) in [5.74, 6) is -0.386. The minimum Gasteiger partial charge on any atom is -0.490 e. The monoisotopic (exact) mass is 323 g/mol. The second kappa shape index (κ2) is 9.06. The van der Waals surface area contributed by atoms with E-state index in [-0.39, 0.29) is 24.9 Å². The van der Waals surface area contributed by atoms with Crippen molar-refractivity contribution in [2.45, 2.75) is 39.2 Å². The second-order valence-corrected chi connectivity index (χ2v) is 5.02. The molecule has 1 aliphatic rings. The number of nitrogens with zero attached hydrogens (tertiary/aromatic N) is 1. The van der Waals surface area contributed by atoms with Crippen LogP contribution < -0.4 is 4.74 Å². The van der Waals surface area contributed by atoms with Gasteiger partial charge < -0.3 is 9.47 Å². The fourth-order valence-corrected chi connectivity index (χ4v) is 1.80. The van der Waals surface area contributed by atoms with Gasteiger partial charge in [-0.2, -0.15) is 5.26 Å². The van der Waals surface area contributed by atoms with Crippen LogP contribution in [-0.2, 0) is 9.53 Å². The highest BCUT2D eigenvalue weighted by molar-refractivity contribution is 6.31. The van der Waals surface area contributed by atoms with E-state index in [0.29, 0.717) is 16.3 Å². The average Bonchev–Trinajstić information content (AvgIpc) is 3.26. The fourth-order valence-electron chi connectivity index (χ4n) is 1.63. The topological polar surface area (TPSA) is 76.4 Å². The van der Waals surface area contributed by atoms with Crippen LogP contribution in [-0.4, -0.2) is 24.5 Å². The number of ether oxygens (including phenoxy) is 2. The van der Waals surface area contributed by atoms with Crippen molar-refractivity contribution in [3.8, 4) is 11.8 Å². The molecule has 0 bridgehead atoms. The minimum atomic E-state index is -0.537. The van der Waals surface area contributed by atoms with Crippen LogP contribution in [0.2, 0.25) is 5.02 Å². The molecule has 5 nitrogen and oxygen atoms in total. The Hall–Kier alpha value is -2.06. The van der Waals surface area contributed by atoms with Crippen molar-refractivity contribution in [2.75, 3.05) is 6.61 Å². The molecule has 1 aromatic carbocycles. The normalized spacial score (nSPS) is 12.5. The first kappa shape index (κ1) is 18.0. The van der Waals surface area contributed by atoms with Crippen LogP contribution in [0.3, 0.4) is 0 Å². The Morgan fingerprint density at radius 2 is 2.05 bits per heavy atom. The molecule has 1 saturated carbocycles. The van der Waals surface area contributed by atoms with E-state index in [2.05, 4.69) is 0 Å². The maximum atomic E-state index is 12.1. The van der Waals surface area contributed by atoms with Crippen molar-refractivity contribution < 1.29 is 19.1 Å². The number of hydrogen-bond donors (Lipinski definition) is 0. The summed E-state index contributed by atoms with van der Waals surface area (Å²) in [6.07, 6.45) is 1.87. The molecule has 118 valence electrons. The first-order chi connectivity index (χ1) is 10.5. The van der Waals surface area contributed by atoms with E-state index >= 15 is 0 Å². The number of nitriles is 1. The molecule has 0 saturated heterocycles. The molecule has 0 N–H and O–H groups in total. The third kappa shape index (κ3) is 6.15. The first-order valence-electron chi connectivity index (χ1n) is 6.97. The summed E-state index contributed by atoms with van der Waals surface area (Å²) in [5.41, 5.74) is 0.340. The number of benzene rings is 1. The number of esters is 1. The molecule has 0 aliphatic heterocycles. The maximum Gasteiger partial charge on any atom is 0.313 e. The third-order valence-electron chi connectivity index (χ3n) is 2.67. The lowest BCUT2D eigenvalue weighted by Crippen LogP contribution is -2.13. The molecule has 2 rings (SSSR count). The van der Waals surface area contributed by atoms with Gasteiger partial charge in [-0.1, -0.05) is 11.6 Å². The molecule has 6 heteroatoms. The predicted molar refractivity (Wildman–Crippen MR) is 82.0 cm³/mol. The summed E-state index contributed by atoms with van der Waals surface area (Å²) in [7, 11) is 0. The molecule has 0 unspecified atom stereocenters. The molecule has 0 spiro atoms. The van der Waals surface area contributed by atoms with Crippen LogP contribution in [0, 0.1) is 11.3 Å². The molecule has 0 amide bonds. The smallest absolute Gasteiger partial charge is 0.313 e. The quantitative estimate of drug-likeness (QED) is 0.454. The van der Waals surface area contributed by atoms with E-state index in [1.165, 1.54) is 13.0 Å². The van der Waals surface area contributed by atoms with Crippen molar-refractivity contribution >= 4 is 23.4 Å². The molecule has 0 aromatic heterocycles. The van der Waals surface area contributed by atoms with Crippen molar-refractivity contribution in [1.29, 1.82) is 5.26 Å². The zero-order chi connectivity index (χ0) is 16.5. The van der Waals surface area contributed by atoms with Crippen molar-refractivity contribution in [1.82, 2.24) is 0 Å². The summed E-state index contributed by atoms with van der Waals surface area (Å²) in [6.45, 7) is 3.39. The first-order valence-corrected chi connectivity index (χ1v) is 7.35. The Balaban J connectivity index is 0.000000745. The molecule has 1 aromatic rings. The molecule has 1 aliphatic carbocycles. The van der Waals surface area contributed by atoms with E-state index in [0.717, 1.165) is 12.8 Å². The van der Waals surface area contributed by atoms with Crippen LogP contribution in [0.4, 0.5) is 0 Å². The van der Waals surface area contributed by atoms with Crippen molar-refractivity contribution in [3.63, 3.8) is 0 Å². The largest absolute Gasteiger partial charge is 0.490 e. The number of hydrogen-bond acceptors (Lipinski definition) is 5. The van der Waals surface area contributed by atoms with E-state index in [4.69, 9.17) is 26.3 Å². The Kier molecular flexibility index (Phi) is 7.41. The Morgan fingerprint density at radius 3 is 2.59 bits per heavy atom. The van der Waals surface area contributed by atoms with Gasteiger partial charge in [0.2, 0.25) is 0 Å². The Morgan fingerprint density at radius 1 is 1.41 bits per heavy atom. The van der Waals surface area contributed by atoms with E-state index in [1.54, 1.807) is 25.1 Å². The molecule has 0 atom stereocenters. The number of ketones is 1. The van der Waals surface area contributed by atoms with Gasteiger partial charge in [0.1, 0.15) is 12.2 Å². The molecule has 1 fully saturated rings. The molecule has 0 heterocycles. The lowest BCUT2D eigenvalue weighted by molar-refractivity contribution is -0.141. The zero-order valence-electron chi connectivity index (χ0n) is 12.6. The maximum absolute atomic E-state index is 12.1. The molecular formula is C16H18ClNO4. The highest BCUT2D eigenvalue weighted by Gasteiger charge is 2.26. The van der Waals surface area contributed by atoms with Gasteiger partial charge in [0, 0.05) is 11.9 Å². The van der Waals surface area contributed by atoms with Gasteiger partial charge in [0.15, 0.2) is 5.78 Å². The standard InChI is InChI=1S/C14H15ClO4.C2H3N/c1-2-18-14(17)8-12(16)11-7-9(15)3-6-13(11)19-10-4-5-10;1-2-3/h3,6-7,10H,2,4-5,8H2,1H3;1H3. The van der Waals surface area contributed by atoms with Gasteiger partial charge in [0.05, 0.1) is 24.3 Å². The number of halogens is 1. The lowest BCUT2D eigenvalue weighted by Gasteiger charge is -2.10. The average molecular weight is 324 g/mol. The van der Waals surface area contributed by atoms with Crippen LogP contribution in [0.1, 0.15) is 43.5 Å². The minimum absolute atomic E-state index is 0.176. The van der Waals surface area contributed by atoms with E-state index in [1.807, 2.05) is 0 Å². The summed E-state index contributed by atoms with van der Waals surface area (Å²) in [6, 6.07) is 6.61. The number of carbonyl (C=O) groups is 2. The van der Waals surface area contributed by atoms with Crippen molar-refractivity contribution in [3.05, 3.63) is 28.8 Å². The predicted octanol–water partition coefficient (Wildman–Crippen LogP) is 3.55. The highest BCUT2D eigenvalue weighted by Crippen LogP contribution is 2.31. The SMILES string of the molecule is CC#N.CCOC(=O)CC(=O)c1cc(Cl)ccc1OC1CC1. The molecule has 22 heavy (non-hydrogen) atoms. The van der Waals surface area contributed by atoms with Gasteiger partial charge in [-0.05, 0) is 38.0 Å². The summed E-state index contributed by atoms with van der Waals surface area (Å²) >= 11 is 5.89. The summed E-state index contributed by atoms with van der Waals surface area (Å²) in [4.78, 5) is 23.4. The Labute approximate surface area is 134 Å². The van der Waals surface area contributed by atoms with E-state index in [9.17, 15) is 9.59 Å². The van der Waals surface area contributed by atoms with Crippen LogP contribution in [0.15, 0.2) is 18.2 Å². The zero-order valence-corrected chi connectivity index (χ0v) is 13.4. The summed E-state index contributed by atoms with van der Waals surface area (Å²) < 4.78 is 10.4. The van der Waals surface area contributed by atoms with E-state index < -0.39 is 5.97 Å². The lowest BCUT2D eigenvalue weighted by atomic mass is 10.1. The van der Waals surface area contributed by atoms with Gasteiger partial charge in [-0.25, -0.2) is 0 Å². The summed E-state index contributed by atoms with van der Waals surface area (Å²) in [5, 5.41) is 7.76. The van der Waals surface area contributed by atoms with Crippen molar-refractivity contribution in [2.24, 2.45) is 0 Å². The Bertz CT molecular complexity index is 576.